The highest BCUT2D eigenvalue weighted by Crippen LogP contribution is 2.29. The number of hydrogen-bond donors (Lipinski definition) is 2. The molecule has 1 heterocycles. The molecule has 9 nitrogen and oxygen atoms in total. The Kier molecular flexibility index (Phi) is 6.01. The van der Waals surface area contributed by atoms with Gasteiger partial charge in [-0.05, 0) is 32.0 Å². The Morgan fingerprint density at radius 2 is 1.57 bits per heavy atom. The van der Waals surface area contributed by atoms with E-state index in [9.17, 15) is 14.4 Å². The third-order valence-corrected chi connectivity index (χ3v) is 4.69. The van der Waals surface area contributed by atoms with Crippen LogP contribution in [0.1, 0.15) is 33.3 Å². The second-order valence-electron chi connectivity index (χ2n) is 6.43. The lowest BCUT2D eigenvalue weighted by molar-refractivity contribution is 0.0843. The smallest absolute Gasteiger partial charge is 0.290 e. The molecule has 0 fully saturated rings. The number of ether oxygens (including phenoxy) is 2. The largest absolute Gasteiger partial charge is 0.496 e. The maximum absolute atomic E-state index is 12.7. The Labute approximate surface area is 172 Å². The zero-order valence-corrected chi connectivity index (χ0v) is 17.1. The van der Waals surface area contributed by atoms with E-state index < -0.39 is 11.8 Å². The molecule has 0 saturated heterocycles. The number of hydrazine groups is 1. The molecular weight excluding hydrogens is 388 g/mol. The summed E-state index contributed by atoms with van der Waals surface area (Å²) in [5.74, 6) is -0.247. The molecule has 0 atom stereocenters. The van der Waals surface area contributed by atoms with Crippen molar-refractivity contribution >= 4 is 22.6 Å². The van der Waals surface area contributed by atoms with Crippen LogP contribution in [-0.4, -0.2) is 35.8 Å². The third kappa shape index (κ3) is 3.82. The van der Waals surface area contributed by atoms with Crippen LogP contribution in [0.4, 0.5) is 0 Å². The van der Waals surface area contributed by atoms with Crippen LogP contribution < -0.4 is 25.9 Å². The second-order valence-corrected chi connectivity index (χ2v) is 6.43. The third-order valence-electron chi connectivity index (χ3n) is 4.69. The number of methoxy groups -OCH3 is 2. The molecule has 2 aromatic carbocycles. The first-order valence-electron chi connectivity index (χ1n) is 9.24. The standard InChI is InChI=1S/C21H22N4O5/c1-5-25-21(28)15-9-7-6-8-14(15)18(24-25)20(27)23-22-19(26)13-10-16(29-3)12(2)17(11-13)30-4/h6-11H,5H2,1-4H3,(H,22,26)(H,23,27). The number of carbonyl (C=O) groups is 2. The summed E-state index contributed by atoms with van der Waals surface area (Å²) in [6.07, 6.45) is 0. The van der Waals surface area contributed by atoms with Gasteiger partial charge in [0.05, 0.1) is 19.6 Å². The molecule has 0 saturated carbocycles. The Bertz CT molecular complexity index is 1160. The first-order chi connectivity index (χ1) is 14.4. The molecule has 9 heteroatoms. The minimum Gasteiger partial charge on any atom is -0.496 e. The van der Waals surface area contributed by atoms with E-state index in [1.165, 1.54) is 18.9 Å². The van der Waals surface area contributed by atoms with E-state index in [1.807, 2.05) is 0 Å². The van der Waals surface area contributed by atoms with Gasteiger partial charge in [-0.1, -0.05) is 18.2 Å². The molecule has 0 spiro atoms. The fourth-order valence-corrected chi connectivity index (χ4v) is 3.08. The van der Waals surface area contributed by atoms with Crippen LogP contribution in [-0.2, 0) is 6.54 Å². The van der Waals surface area contributed by atoms with E-state index in [0.29, 0.717) is 28.8 Å². The van der Waals surface area contributed by atoms with Gasteiger partial charge in [0.2, 0.25) is 0 Å². The highest BCUT2D eigenvalue weighted by atomic mass is 16.5. The van der Waals surface area contributed by atoms with E-state index in [-0.39, 0.29) is 16.8 Å². The molecule has 3 aromatic rings. The van der Waals surface area contributed by atoms with Crippen molar-refractivity contribution in [3.8, 4) is 11.5 Å². The first-order valence-corrected chi connectivity index (χ1v) is 9.24. The molecule has 0 bridgehead atoms. The van der Waals surface area contributed by atoms with Crippen molar-refractivity contribution in [2.24, 2.45) is 0 Å². The summed E-state index contributed by atoms with van der Waals surface area (Å²) in [4.78, 5) is 37.7. The maximum Gasteiger partial charge on any atom is 0.290 e. The minimum absolute atomic E-state index is 0.0337. The van der Waals surface area contributed by atoms with Gasteiger partial charge in [0.25, 0.3) is 17.4 Å². The highest BCUT2D eigenvalue weighted by molar-refractivity contribution is 6.06. The van der Waals surface area contributed by atoms with E-state index in [4.69, 9.17) is 9.47 Å². The average Bonchev–Trinajstić information content (AvgIpc) is 2.77. The van der Waals surface area contributed by atoms with Crippen molar-refractivity contribution in [2.45, 2.75) is 20.4 Å². The molecule has 0 aliphatic rings. The Hall–Kier alpha value is -3.88. The van der Waals surface area contributed by atoms with Crippen LogP contribution in [0.15, 0.2) is 41.2 Å². The van der Waals surface area contributed by atoms with Crippen LogP contribution >= 0.6 is 0 Å². The van der Waals surface area contributed by atoms with Crippen LogP contribution in [0, 0.1) is 6.92 Å². The quantitative estimate of drug-likeness (QED) is 0.621. The van der Waals surface area contributed by atoms with Gasteiger partial charge in [-0.3, -0.25) is 25.2 Å². The van der Waals surface area contributed by atoms with Gasteiger partial charge >= 0.3 is 0 Å². The normalized spacial score (nSPS) is 10.5. The zero-order valence-electron chi connectivity index (χ0n) is 17.1. The van der Waals surface area contributed by atoms with Crippen molar-refractivity contribution < 1.29 is 19.1 Å². The summed E-state index contributed by atoms with van der Waals surface area (Å²) < 4.78 is 11.7. The Morgan fingerprint density at radius 1 is 1.00 bits per heavy atom. The van der Waals surface area contributed by atoms with Crippen LogP contribution in [0.5, 0.6) is 11.5 Å². The van der Waals surface area contributed by atoms with E-state index in [0.717, 1.165) is 5.56 Å². The topological polar surface area (TPSA) is 112 Å². The van der Waals surface area contributed by atoms with Gasteiger partial charge in [-0.25, -0.2) is 4.68 Å². The number of carbonyl (C=O) groups excluding carboxylic acids is 2. The predicted octanol–water partition coefficient (Wildman–Crippen LogP) is 1.82. The van der Waals surface area contributed by atoms with E-state index in [2.05, 4.69) is 16.0 Å². The molecule has 0 aliphatic heterocycles. The molecule has 3 rings (SSSR count). The molecule has 1 aromatic heterocycles. The van der Waals surface area contributed by atoms with Gasteiger partial charge in [-0.2, -0.15) is 5.10 Å². The molecule has 0 aliphatic carbocycles. The summed E-state index contributed by atoms with van der Waals surface area (Å²) in [6, 6.07) is 9.78. The van der Waals surface area contributed by atoms with Gasteiger partial charge < -0.3 is 9.47 Å². The van der Waals surface area contributed by atoms with Crippen LogP contribution in [0.25, 0.3) is 10.8 Å². The Morgan fingerprint density at radius 3 is 2.13 bits per heavy atom. The van der Waals surface area contributed by atoms with Crippen molar-refractivity contribution in [1.82, 2.24) is 20.6 Å². The number of nitrogens with one attached hydrogen (secondary N) is 2. The summed E-state index contributed by atoms with van der Waals surface area (Å²) in [6.45, 7) is 3.87. The predicted molar refractivity (Wildman–Crippen MR) is 111 cm³/mol. The highest BCUT2D eigenvalue weighted by Gasteiger charge is 2.18. The fourth-order valence-electron chi connectivity index (χ4n) is 3.08. The summed E-state index contributed by atoms with van der Waals surface area (Å²) in [7, 11) is 2.98. The summed E-state index contributed by atoms with van der Waals surface area (Å²) in [5, 5.41) is 4.91. The van der Waals surface area contributed by atoms with Crippen molar-refractivity contribution in [2.75, 3.05) is 14.2 Å². The second kappa shape index (κ2) is 8.64. The lowest BCUT2D eigenvalue weighted by Gasteiger charge is -2.13. The number of nitrogens with zero attached hydrogens (tertiary/aromatic N) is 2. The SMILES string of the molecule is CCn1nc(C(=O)NNC(=O)c2cc(OC)c(C)c(OC)c2)c2ccccc2c1=O. The monoisotopic (exact) mass is 410 g/mol. The summed E-state index contributed by atoms with van der Waals surface area (Å²) in [5.41, 5.74) is 5.45. The van der Waals surface area contributed by atoms with Crippen molar-refractivity contribution in [3.05, 3.63) is 63.6 Å². The molecule has 0 unspecified atom stereocenters. The van der Waals surface area contributed by atoms with Gasteiger partial charge in [0.1, 0.15) is 11.5 Å². The lowest BCUT2D eigenvalue weighted by atomic mass is 10.1. The molecule has 156 valence electrons. The number of fused-ring (bicyclic) bond motifs is 1. The van der Waals surface area contributed by atoms with Crippen molar-refractivity contribution in [3.63, 3.8) is 0 Å². The van der Waals surface area contributed by atoms with Crippen LogP contribution in [0.2, 0.25) is 0 Å². The number of rotatable bonds is 5. The number of benzene rings is 2. The van der Waals surface area contributed by atoms with Gasteiger partial charge in [-0.15, -0.1) is 0 Å². The number of aryl methyl sites for hydroxylation is 1. The molecule has 2 amide bonds. The average molecular weight is 410 g/mol. The first kappa shape index (κ1) is 20.8. The lowest BCUT2D eigenvalue weighted by Crippen LogP contribution is -2.42. The minimum atomic E-state index is -0.646. The molecule has 0 radical (unpaired) electrons. The van der Waals surface area contributed by atoms with Crippen molar-refractivity contribution in [1.29, 1.82) is 0 Å². The van der Waals surface area contributed by atoms with E-state index >= 15 is 0 Å². The van der Waals surface area contributed by atoms with Crippen LogP contribution in [0.3, 0.4) is 0 Å². The van der Waals surface area contributed by atoms with Gasteiger partial charge in [0, 0.05) is 23.1 Å². The van der Waals surface area contributed by atoms with Gasteiger partial charge in [0.15, 0.2) is 5.69 Å². The number of amides is 2. The summed E-state index contributed by atoms with van der Waals surface area (Å²) >= 11 is 0. The Balaban J connectivity index is 1.87. The molecule has 2 N–H and O–H groups in total. The zero-order chi connectivity index (χ0) is 21.8. The van der Waals surface area contributed by atoms with E-state index in [1.54, 1.807) is 50.2 Å². The number of aromatic nitrogens is 2. The number of hydrogen-bond acceptors (Lipinski definition) is 6. The fraction of sp³-hybridized carbons (Fsp3) is 0.238. The maximum atomic E-state index is 12.7. The molecule has 30 heavy (non-hydrogen) atoms. The molecular formula is C21H22N4O5.